The zero-order valence-electron chi connectivity index (χ0n) is 22.4. The first-order chi connectivity index (χ1) is 18.8. The minimum Gasteiger partial charge on any atom is -0.457 e. The number of carbonyl (C=O) groups is 2. The Balaban J connectivity index is 1.68. The fourth-order valence-electron chi connectivity index (χ4n) is 3.57. The molecule has 3 rings (SSSR count). The molecule has 2 N–H and O–H groups in total. The van der Waals surface area contributed by atoms with Crippen molar-refractivity contribution in [3.05, 3.63) is 87.9 Å². The first-order valence-electron chi connectivity index (χ1n) is 12.4. The van der Waals surface area contributed by atoms with Crippen LogP contribution in [0.5, 0.6) is 11.5 Å². The molecule has 0 radical (unpaired) electrons. The van der Waals surface area contributed by atoms with E-state index in [4.69, 9.17) is 16.3 Å². The Morgan fingerprint density at radius 2 is 1.65 bits per heavy atom. The molecule has 0 aromatic heterocycles. The monoisotopic (exact) mass is 610 g/mol. The lowest BCUT2D eigenvalue weighted by Crippen LogP contribution is -2.35. The van der Waals surface area contributed by atoms with Crippen LogP contribution in [0.15, 0.2) is 60.7 Å². The van der Waals surface area contributed by atoms with Gasteiger partial charge < -0.3 is 15.4 Å². The Labute approximate surface area is 245 Å². The van der Waals surface area contributed by atoms with Gasteiger partial charge in [-0.2, -0.15) is 13.2 Å². The van der Waals surface area contributed by atoms with Crippen molar-refractivity contribution in [3.63, 3.8) is 0 Å². The minimum atomic E-state index is -4.43. The zero-order chi connectivity index (χ0) is 29.4. The number of benzene rings is 3. The first-order valence-corrected chi connectivity index (χ1v) is 15.0. The molecule has 3 aromatic rings. The molecule has 0 spiro atoms. The summed E-state index contributed by atoms with van der Waals surface area (Å²) in [7, 11) is 0. The smallest absolute Gasteiger partial charge is 0.416 e. The fraction of sp³-hybridized carbons (Fsp3) is 0.310. The van der Waals surface area contributed by atoms with E-state index >= 15 is 0 Å². The fourth-order valence-corrected chi connectivity index (χ4v) is 6.12. The lowest BCUT2D eigenvalue weighted by atomic mass is 10.0. The van der Waals surface area contributed by atoms with Crippen LogP contribution in [0.2, 0.25) is 5.02 Å². The molecule has 1 unspecified atom stereocenters. The number of nitrogens with one attached hydrogen (secondary N) is 2. The van der Waals surface area contributed by atoms with Crippen molar-refractivity contribution in [2.24, 2.45) is 0 Å². The molecule has 5 nitrogen and oxygen atoms in total. The van der Waals surface area contributed by atoms with Gasteiger partial charge in [0.15, 0.2) is 0 Å². The normalized spacial score (nSPS) is 12.2. The summed E-state index contributed by atoms with van der Waals surface area (Å²) in [6.45, 7) is 7.91. The highest BCUT2D eigenvalue weighted by molar-refractivity contribution is 8.16. The summed E-state index contributed by atoms with van der Waals surface area (Å²) in [5, 5.41) is 7.35. The molecule has 2 amide bonds. The number of anilines is 1. The van der Waals surface area contributed by atoms with Gasteiger partial charge in [-0.1, -0.05) is 31.5 Å². The standard InChI is InChI=1S/C29H30ClF3N2O3S2/c1-17(2)40-16-39-15-19(4)34-28(37)26-23(6-5-7-24(26)30)27(36)35-25-13-12-22(14-18(25)3)38-21-10-8-20(9-11-21)29(31,32)33/h5-14,17,19H,15-16H2,1-4H3,(H,34,37)(H,35,36). The Hall–Kier alpha value is -2.82. The van der Waals surface area contributed by atoms with Gasteiger partial charge in [0.2, 0.25) is 0 Å². The summed E-state index contributed by atoms with van der Waals surface area (Å²) in [5.74, 6) is 0.402. The number of thioether (sulfide) groups is 2. The second-order valence-corrected chi connectivity index (χ2v) is 12.7. The molecule has 0 fully saturated rings. The molecular weight excluding hydrogens is 581 g/mol. The van der Waals surface area contributed by atoms with Crippen molar-refractivity contribution in [1.29, 1.82) is 0 Å². The maximum atomic E-state index is 13.2. The van der Waals surface area contributed by atoms with Crippen LogP contribution in [0.3, 0.4) is 0 Å². The summed E-state index contributed by atoms with van der Waals surface area (Å²) in [6, 6.07) is 13.8. The highest BCUT2D eigenvalue weighted by atomic mass is 35.5. The predicted molar refractivity (Wildman–Crippen MR) is 159 cm³/mol. The van der Waals surface area contributed by atoms with Crippen molar-refractivity contribution >= 4 is 52.6 Å². The van der Waals surface area contributed by atoms with E-state index in [0.717, 1.165) is 23.0 Å². The minimum absolute atomic E-state index is 0.0926. The molecule has 0 aliphatic rings. The van der Waals surface area contributed by atoms with E-state index in [9.17, 15) is 22.8 Å². The molecule has 0 saturated heterocycles. The van der Waals surface area contributed by atoms with Crippen LogP contribution in [-0.4, -0.2) is 33.9 Å². The van der Waals surface area contributed by atoms with Crippen molar-refractivity contribution < 1.29 is 27.5 Å². The van der Waals surface area contributed by atoms with Crippen LogP contribution in [-0.2, 0) is 6.18 Å². The number of ether oxygens (including phenoxy) is 1. The predicted octanol–water partition coefficient (Wildman–Crippen LogP) is 8.66. The molecule has 40 heavy (non-hydrogen) atoms. The third-order valence-corrected chi connectivity index (χ3v) is 8.51. The summed E-state index contributed by atoms with van der Waals surface area (Å²) in [5.41, 5.74) is 0.580. The number of hydrogen-bond acceptors (Lipinski definition) is 5. The van der Waals surface area contributed by atoms with Gasteiger partial charge in [0.05, 0.1) is 21.7 Å². The maximum absolute atomic E-state index is 13.2. The van der Waals surface area contributed by atoms with Crippen LogP contribution in [0.1, 0.15) is 52.6 Å². The number of hydrogen-bond donors (Lipinski definition) is 2. The average molecular weight is 611 g/mol. The largest absolute Gasteiger partial charge is 0.457 e. The van der Waals surface area contributed by atoms with Gasteiger partial charge in [0, 0.05) is 22.6 Å². The van der Waals surface area contributed by atoms with Gasteiger partial charge >= 0.3 is 6.18 Å². The summed E-state index contributed by atoms with van der Waals surface area (Å²) in [6.07, 6.45) is -4.43. The number of carbonyl (C=O) groups excluding carboxylic acids is 2. The Morgan fingerprint density at radius 3 is 2.27 bits per heavy atom. The number of aryl methyl sites for hydroxylation is 1. The van der Waals surface area contributed by atoms with E-state index in [1.807, 2.05) is 18.7 Å². The highest BCUT2D eigenvalue weighted by Gasteiger charge is 2.30. The van der Waals surface area contributed by atoms with E-state index in [0.29, 0.717) is 22.3 Å². The molecule has 11 heteroatoms. The van der Waals surface area contributed by atoms with E-state index in [-0.39, 0.29) is 27.9 Å². The van der Waals surface area contributed by atoms with Gasteiger partial charge in [0.25, 0.3) is 11.8 Å². The lowest BCUT2D eigenvalue weighted by Gasteiger charge is -2.17. The van der Waals surface area contributed by atoms with Crippen LogP contribution < -0.4 is 15.4 Å². The summed E-state index contributed by atoms with van der Waals surface area (Å²) < 4.78 is 44.0. The van der Waals surface area contributed by atoms with Crippen LogP contribution >= 0.6 is 35.1 Å². The quantitative estimate of drug-likeness (QED) is 0.168. The second kappa shape index (κ2) is 14.2. The maximum Gasteiger partial charge on any atom is 0.416 e. The Morgan fingerprint density at radius 1 is 0.975 bits per heavy atom. The molecule has 0 saturated carbocycles. The van der Waals surface area contributed by atoms with Gasteiger partial charge in [-0.3, -0.25) is 9.59 Å². The Kier molecular flexibility index (Phi) is 11.2. The van der Waals surface area contributed by atoms with Crippen molar-refractivity contribution in [2.45, 2.75) is 45.2 Å². The summed E-state index contributed by atoms with van der Waals surface area (Å²) in [4.78, 5) is 26.3. The first kappa shape index (κ1) is 31.7. The number of alkyl halides is 3. The third-order valence-electron chi connectivity index (χ3n) is 5.58. The molecule has 0 aliphatic carbocycles. The number of rotatable bonds is 11. The molecule has 214 valence electrons. The lowest BCUT2D eigenvalue weighted by molar-refractivity contribution is -0.137. The molecule has 1 atom stereocenters. The molecular formula is C29H30ClF3N2O3S2. The second-order valence-electron chi connectivity index (χ2n) is 9.30. The van der Waals surface area contributed by atoms with Gasteiger partial charge in [-0.05, 0) is 79.3 Å². The van der Waals surface area contributed by atoms with Crippen molar-refractivity contribution in [1.82, 2.24) is 5.32 Å². The van der Waals surface area contributed by atoms with Crippen LogP contribution in [0, 0.1) is 6.92 Å². The van der Waals surface area contributed by atoms with Crippen LogP contribution in [0.4, 0.5) is 18.9 Å². The highest BCUT2D eigenvalue weighted by Crippen LogP contribution is 2.32. The SMILES string of the molecule is Cc1cc(Oc2ccc(C(F)(F)F)cc2)ccc1NC(=O)c1cccc(Cl)c1C(=O)NC(C)CSCSC(C)C. The van der Waals surface area contributed by atoms with Gasteiger partial charge in [0.1, 0.15) is 11.5 Å². The van der Waals surface area contributed by atoms with E-state index in [2.05, 4.69) is 24.5 Å². The third kappa shape index (κ3) is 9.11. The topological polar surface area (TPSA) is 67.4 Å². The average Bonchev–Trinajstić information content (AvgIpc) is 2.87. The molecule has 0 aliphatic heterocycles. The van der Waals surface area contributed by atoms with Crippen molar-refractivity contribution in [2.75, 3.05) is 16.2 Å². The van der Waals surface area contributed by atoms with Gasteiger partial charge in [-0.15, -0.1) is 23.5 Å². The van der Waals surface area contributed by atoms with Crippen molar-refractivity contribution in [3.8, 4) is 11.5 Å². The van der Waals surface area contributed by atoms with Gasteiger partial charge in [-0.25, -0.2) is 0 Å². The summed E-state index contributed by atoms with van der Waals surface area (Å²) >= 11 is 9.91. The van der Waals surface area contributed by atoms with E-state index < -0.39 is 23.6 Å². The number of halogens is 4. The number of amides is 2. The molecule has 0 heterocycles. The van der Waals surface area contributed by atoms with E-state index in [1.54, 1.807) is 49.0 Å². The molecule has 3 aromatic carbocycles. The molecule has 0 bridgehead atoms. The van der Waals surface area contributed by atoms with E-state index in [1.165, 1.54) is 18.2 Å². The van der Waals surface area contributed by atoms with Crippen LogP contribution in [0.25, 0.3) is 0 Å². The Bertz CT molecular complexity index is 1340. The zero-order valence-corrected chi connectivity index (χ0v) is 24.8.